The van der Waals surface area contributed by atoms with Crippen molar-refractivity contribution in [3.63, 3.8) is 0 Å². The zero-order valence-electron chi connectivity index (χ0n) is 8.53. The zero-order chi connectivity index (χ0) is 11.1. The lowest BCUT2D eigenvalue weighted by atomic mass is 10.00. The van der Waals surface area contributed by atoms with Crippen molar-refractivity contribution in [2.24, 2.45) is 5.73 Å². The van der Waals surface area contributed by atoms with Crippen molar-refractivity contribution in [2.45, 2.75) is 18.2 Å². The van der Waals surface area contributed by atoms with Gasteiger partial charge in [0.2, 0.25) is 9.84 Å². The number of sulfone groups is 1. The van der Waals surface area contributed by atoms with Gasteiger partial charge in [-0.1, -0.05) is 12.1 Å². The van der Waals surface area contributed by atoms with Crippen LogP contribution in [0.4, 0.5) is 0 Å². The second kappa shape index (κ2) is 3.47. The third kappa shape index (κ3) is 1.60. The molecule has 0 spiro atoms. The van der Waals surface area contributed by atoms with Crippen molar-refractivity contribution in [1.29, 1.82) is 0 Å². The van der Waals surface area contributed by atoms with Gasteiger partial charge in [-0.25, -0.2) is 8.42 Å². The van der Waals surface area contributed by atoms with Crippen LogP contribution >= 0.6 is 0 Å². The van der Waals surface area contributed by atoms with Crippen LogP contribution in [0.15, 0.2) is 28.5 Å². The van der Waals surface area contributed by atoms with Crippen LogP contribution in [0.25, 0.3) is 5.57 Å². The molecule has 1 heterocycles. The van der Waals surface area contributed by atoms with E-state index in [1.54, 1.807) is 12.1 Å². The smallest absolute Gasteiger partial charge is 0.200 e. The standard InChI is InChI=1S/C11H13NO2S/c1-8-3-2-4-10-11(8)9(5-6-12)7-15(10,13)14/h2-4,7H,5-6,12H2,1H3. The summed E-state index contributed by atoms with van der Waals surface area (Å²) in [5, 5.41) is 1.34. The van der Waals surface area contributed by atoms with Gasteiger partial charge in [-0.2, -0.15) is 0 Å². The first-order valence-electron chi connectivity index (χ1n) is 4.82. The molecule has 0 amide bonds. The molecule has 4 heteroatoms. The number of hydrogen-bond acceptors (Lipinski definition) is 3. The molecule has 80 valence electrons. The Labute approximate surface area is 89.5 Å². The summed E-state index contributed by atoms with van der Waals surface area (Å²) >= 11 is 0. The highest BCUT2D eigenvalue weighted by atomic mass is 32.2. The summed E-state index contributed by atoms with van der Waals surface area (Å²) in [6, 6.07) is 5.34. The predicted molar refractivity (Wildman–Crippen MR) is 60.0 cm³/mol. The van der Waals surface area contributed by atoms with Crippen LogP contribution in [0.1, 0.15) is 17.5 Å². The first-order chi connectivity index (χ1) is 7.06. The molecular formula is C11H13NO2S. The quantitative estimate of drug-likeness (QED) is 0.826. The van der Waals surface area contributed by atoms with E-state index in [1.165, 1.54) is 5.41 Å². The molecular weight excluding hydrogens is 210 g/mol. The predicted octanol–water partition coefficient (Wildman–Crippen LogP) is 1.47. The topological polar surface area (TPSA) is 60.2 Å². The van der Waals surface area contributed by atoms with Crippen molar-refractivity contribution in [1.82, 2.24) is 0 Å². The van der Waals surface area contributed by atoms with Crippen LogP contribution in [0.5, 0.6) is 0 Å². The second-order valence-electron chi connectivity index (χ2n) is 3.67. The second-order valence-corrected chi connectivity index (χ2v) is 5.44. The number of aryl methyl sites for hydroxylation is 1. The molecule has 0 aliphatic carbocycles. The fourth-order valence-electron chi connectivity index (χ4n) is 1.94. The molecule has 1 aliphatic heterocycles. The third-order valence-corrected chi connectivity index (χ3v) is 4.12. The number of fused-ring (bicyclic) bond motifs is 1. The van der Waals surface area contributed by atoms with Gasteiger partial charge in [0.25, 0.3) is 0 Å². The van der Waals surface area contributed by atoms with E-state index in [2.05, 4.69) is 0 Å². The number of nitrogens with two attached hydrogens (primary N) is 1. The molecule has 15 heavy (non-hydrogen) atoms. The minimum atomic E-state index is -3.22. The van der Waals surface area contributed by atoms with Crippen LogP contribution in [0.3, 0.4) is 0 Å². The maximum atomic E-state index is 11.8. The normalized spacial score (nSPS) is 17.3. The van der Waals surface area contributed by atoms with Gasteiger partial charge in [-0.15, -0.1) is 0 Å². The van der Waals surface area contributed by atoms with Gasteiger partial charge >= 0.3 is 0 Å². The highest BCUT2D eigenvalue weighted by molar-refractivity contribution is 7.95. The molecule has 2 rings (SSSR count). The molecule has 0 atom stereocenters. The molecule has 2 N–H and O–H groups in total. The van der Waals surface area contributed by atoms with Crippen LogP contribution in [0, 0.1) is 6.92 Å². The maximum absolute atomic E-state index is 11.8. The minimum Gasteiger partial charge on any atom is -0.330 e. The van der Waals surface area contributed by atoms with Crippen LogP contribution in [-0.2, 0) is 9.84 Å². The molecule has 0 radical (unpaired) electrons. The molecule has 1 aromatic rings. The highest BCUT2D eigenvalue weighted by Crippen LogP contribution is 2.36. The molecule has 0 fully saturated rings. The Morgan fingerprint density at radius 3 is 2.73 bits per heavy atom. The van der Waals surface area contributed by atoms with Gasteiger partial charge in [0.05, 0.1) is 4.90 Å². The van der Waals surface area contributed by atoms with Gasteiger partial charge in [0.1, 0.15) is 0 Å². The molecule has 3 nitrogen and oxygen atoms in total. The summed E-state index contributed by atoms with van der Waals surface area (Å²) in [7, 11) is -3.22. The number of benzene rings is 1. The van der Waals surface area contributed by atoms with Crippen molar-refractivity contribution in [3.05, 3.63) is 34.7 Å². The summed E-state index contributed by atoms with van der Waals surface area (Å²) < 4.78 is 23.5. The Balaban J connectivity index is 2.69. The van der Waals surface area contributed by atoms with E-state index in [-0.39, 0.29) is 0 Å². The molecule has 1 aromatic carbocycles. The minimum absolute atomic E-state index is 0.422. The van der Waals surface area contributed by atoms with E-state index >= 15 is 0 Å². The van der Waals surface area contributed by atoms with E-state index in [9.17, 15) is 8.42 Å². The lowest BCUT2D eigenvalue weighted by molar-refractivity contribution is 0.605. The molecule has 0 aromatic heterocycles. The summed E-state index contributed by atoms with van der Waals surface area (Å²) in [5.74, 6) is 0. The monoisotopic (exact) mass is 223 g/mol. The summed E-state index contributed by atoms with van der Waals surface area (Å²) in [6.07, 6.45) is 0.608. The van der Waals surface area contributed by atoms with Crippen molar-refractivity contribution in [2.75, 3.05) is 6.54 Å². The number of hydrogen-bond donors (Lipinski definition) is 1. The lowest BCUT2D eigenvalue weighted by Crippen LogP contribution is -2.00. The molecule has 0 unspecified atom stereocenters. The fraction of sp³-hybridized carbons (Fsp3) is 0.273. The van der Waals surface area contributed by atoms with Crippen molar-refractivity contribution < 1.29 is 8.42 Å². The Bertz CT molecular complexity index is 530. The number of rotatable bonds is 2. The van der Waals surface area contributed by atoms with E-state index in [4.69, 9.17) is 5.73 Å². The van der Waals surface area contributed by atoms with Gasteiger partial charge in [0, 0.05) is 11.0 Å². The van der Waals surface area contributed by atoms with Crippen molar-refractivity contribution in [3.8, 4) is 0 Å². The summed E-state index contributed by atoms with van der Waals surface area (Å²) in [6.45, 7) is 2.39. The van der Waals surface area contributed by atoms with Crippen molar-refractivity contribution >= 4 is 15.4 Å². The Morgan fingerprint density at radius 2 is 2.07 bits per heavy atom. The molecule has 1 aliphatic rings. The maximum Gasteiger partial charge on any atom is 0.200 e. The molecule has 0 saturated heterocycles. The van der Waals surface area contributed by atoms with Crippen LogP contribution in [0.2, 0.25) is 0 Å². The third-order valence-electron chi connectivity index (χ3n) is 2.57. The lowest BCUT2D eigenvalue weighted by Gasteiger charge is -2.06. The Morgan fingerprint density at radius 1 is 1.33 bits per heavy atom. The van der Waals surface area contributed by atoms with Gasteiger partial charge in [-0.05, 0) is 37.1 Å². The Hall–Kier alpha value is -1.13. The van der Waals surface area contributed by atoms with Crippen LogP contribution in [-0.4, -0.2) is 15.0 Å². The van der Waals surface area contributed by atoms with E-state index in [0.29, 0.717) is 17.9 Å². The molecule has 0 bridgehead atoms. The summed E-state index contributed by atoms with van der Waals surface area (Å²) in [5.41, 5.74) is 8.15. The summed E-state index contributed by atoms with van der Waals surface area (Å²) in [4.78, 5) is 0.422. The first kappa shape index (κ1) is 10.4. The van der Waals surface area contributed by atoms with Gasteiger partial charge in [-0.3, -0.25) is 0 Å². The first-order valence-corrected chi connectivity index (χ1v) is 6.36. The van der Waals surface area contributed by atoms with Gasteiger partial charge < -0.3 is 5.73 Å². The zero-order valence-corrected chi connectivity index (χ0v) is 9.34. The average molecular weight is 223 g/mol. The average Bonchev–Trinajstić information content (AvgIpc) is 2.41. The largest absolute Gasteiger partial charge is 0.330 e. The van der Waals surface area contributed by atoms with E-state index in [0.717, 1.165) is 16.7 Å². The highest BCUT2D eigenvalue weighted by Gasteiger charge is 2.27. The molecule has 0 saturated carbocycles. The van der Waals surface area contributed by atoms with Crippen LogP contribution < -0.4 is 5.73 Å². The van der Waals surface area contributed by atoms with E-state index in [1.807, 2.05) is 13.0 Å². The van der Waals surface area contributed by atoms with Gasteiger partial charge in [0.15, 0.2) is 0 Å². The Kier molecular flexibility index (Phi) is 2.40. The fourth-order valence-corrected chi connectivity index (χ4v) is 3.52. The van der Waals surface area contributed by atoms with E-state index < -0.39 is 9.84 Å². The SMILES string of the molecule is Cc1cccc2c1C(CCN)=CS2(=O)=O.